The molecule has 0 saturated carbocycles. The standard InChI is InChI=1S/C16H11N3O5S/c1-17-13-4-2-3-5-15(13)25-16(17)9-14(20)10-6-11(18(21)22)8-12(7-10)19(23)24/h2-9H,1H3/b16-9-. The summed E-state index contributed by atoms with van der Waals surface area (Å²) < 4.78 is 0. The van der Waals surface area contributed by atoms with Crippen molar-refractivity contribution in [3.63, 3.8) is 0 Å². The first-order valence-electron chi connectivity index (χ1n) is 7.07. The minimum Gasteiger partial charge on any atom is -0.338 e. The van der Waals surface area contributed by atoms with Crippen LogP contribution < -0.4 is 4.90 Å². The van der Waals surface area contributed by atoms with Crippen LogP contribution in [-0.4, -0.2) is 22.7 Å². The van der Waals surface area contributed by atoms with E-state index in [0.29, 0.717) is 5.03 Å². The lowest BCUT2D eigenvalue weighted by Gasteiger charge is -2.12. The molecule has 3 rings (SSSR count). The van der Waals surface area contributed by atoms with Gasteiger partial charge in [0.15, 0.2) is 5.78 Å². The Morgan fingerprint density at radius 1 is 1.08 bits per heavy atom. The van der Waals surface area contributed by atoms with E-state index in [4.69, 9.17) is 0 Å². The molecule has 1 heterocycles. The van der Waals surface area contributed by atoms with Crippen LogP contribution in [0.15, 0.2) is 58.5 Å². The van der Waals surface area contributed by atoms with Crippen molar-refractivity contribution in [2.75, 3.05) is 11.9 Å². The van der Waals surface area contributed by atoms with Crippen molar-refractivity contribution in [3.05, 3.63) is 79.4 Å². The zero-order chi connectivity index (χ0) is 18.1. The van der Waals surface area contributed by atoms with Gasteiger partial charge < -0.3 is 4.90 Å². The third-order valence-corrected chi connectivity index (χ3v) is 4.80. The van der Waals surface area contributed by atoms with E-state index >= 15 is 0 Å². The number of fused-ring (bicyclic) bond motifs is 1. The highest BCUT2D eigenvalue weighted by Gasteiger charge is 2.24. The van der Waals surface area contributed by atoms with Gasteiger partial charge in [0.25, 0.3) is 11.4 Å². The van der Waals surface area contributed by atoms with Crippen molar-refractivity contribution in [1.82, 2.24) is 0 Å². The number of rotatable bonds is 4. The molecular formula is C16H11N3O5S. The van der Waals surface area contributed by atoms with Gasteiger partial charge in [-0.1, -0.05) is 23.9 Å². The summed E-state index contributed by atoms with van der Waals surface area (Å²) in [6.07, 6.45) is 1.33. The zero-order valence-corrected chi connectivity index (χ0v) is 13.7. The van der Waals surface area contributed by atoms with Gasteiger partial charge in [0.2, 0.25) is 0 Å². The Labute approximate surface area is 146 Å². The fourth-order valence-corrected chi connectivity index (χ4v) is 3.47. The van der Waals surface area contributed by atoms with Gasteiger partial charge in [-0.3, -0.25) is 25.0 Å². The molecule has 0 amide bonds. The predicted octanol–water partition coefficient (Wildman–Crippen LogP) is 3.77. The first kappa shape index (κ1) is 16.7. The molecule has 1 aliphatic rings. The van der Waals surface area contributed by atoms with E-state index in [1.807, 2.05) is 29.2 Å². The van der Waals surface area contributed by atoms with Gasteiger partial charge in [0.05, 0.1) is 26.6 Å². The summed E-state index contributed by atoms with van der Waals surface area (Å²) in [6, 6.07) is 10.5. The molecule has 25 heavy (non-hydrogen) atoms. The number of hydrogen-bond donors (Lipinski definition) is 0. The van der Waals surface area contributed by atoms with Gasteiger partial charge >= 0.3 is 0 Å². The van der Waals surface area contributed by atoms with E-state index in [1.54, 1.807) is 7.05 Å². The molecule has 0 unspecified atom stereocenters. The number of ketones is 1. The second-order valence-electron chi connectivity index (χ2n) is 5.23. The summed E-state index contributed by atoms with van der Waals surface area (Å²) in [7, 11) is 1.80. The number of hydrogen-bond acceptors (Lipinski definition) is 7. The maximum absolute atomic E-state index is 12.5. The fraction of sp³-hybridized carbons (Fsp3) is 0.0625. The molecule has 1 aliphatic heterocycles. The van der Waals surface area contributed by atoms with Crippen LogP contribution >= 0.6 is 11.8 Å². The largest absolute Gasteiger partial charge is 0.338 e. The van der Waals surface area contributed by atoms with Crippen LogP contribution in [0.1, 0.15) is 10.4 Å². The number of carbonyl (C=O) groups is 1. The predicted molar refractivity (Wildman–Crippen MR) is 92.9 cm³/mol. The molecule has 0 saturated heterocycles. The zero-order valence-electron chi connectivity index (χ0n) is 12.9. The molecule has 9 heteroatoms. The molecule has 0 aromatic heterocycles. The number of nitro benzene ring substituents is 2. The lowest BCUT2D eigenvalue weighted by atomic mass is 10.1. The van der Waals surface area contributed by atoms with Crippen LogP contribution in [0.4, 0.5) is 17.1 Å². The Balaban J connectivity index is 1.97. The minimum atomic E-state index is -0.761. The number of benzene rings is 2. The van der Waals surface area contributed by atoms with Crippen LogP contribution in [-0.2, 0) is 0 Å². The summed E-state index contributed by atoms with van der Waals surface area (Å²) >= 11 is 1.39. The molecule has 0 bridgehead atoms. The summed E-state index contributed by atoms with van der Waals surface area (Å²) in [5.74, 6) is -0.533. The molecule has 126 valence electrons. The smallest absolute Gasteiger partial charge is 0.277 e. The number of para-hydroxylation sites is 1. The Bertz CT molecular complexity index is 909. The molecule has 2 aromatic carbocycles. The highest BCUT2D eigenvalue weighted by molar-refractivity contribution is 8.03. The van der Waals surface area contributed by atoms with Crippen LogP contribution in [0.5, 0.6) is 0 Å². The molecule has 0 aliphatic carbocycles. The second-order valence-corrected chi connectivity index (χ2v) is 6.29. The average Bonchev–Trinajstić information content (AvgIpc) is 2.90. The van der Waals surface area contributed by atoms with E-state index in [-0.39, 0.29) is 5.56 Å². The van der Waals surface area contributed by atoms with Gasteiger partial charge in [0.1, 0.15) is 0 Å². The Morgan fingerprint density at radius 2 is 1.68 bits per heavy atom. The number of allylic oxidation sites excluding steroid dienone is 1. The molecule has 0 fully saturated rings. The highest BCUT2D eigenvalue weighted by Crippen LogP contribution is 2.44. The molecule has 0 N–H and O–H groups in total. The van der Waals surface area contributed by atoms with Gasteiger partial charge in [-0.2, -0.15) is 0 Å². The van der Waals surface area contributed by atoms with Crippen molar-refractivity contribution in [2.24, 2.45) is 0 Å². The number of non-ortho nitro benzene ring substituents is 2. The summed E-state index contributed by atoms with van der Waals surface area (Å²) in [5, 5.41) is 22.5. The normalized spacial score (nSPS) is 14.4. The molecule has 0 spiro atoms. The van der Waals surface area contributed by atoms with Crippen molar-refractivity contribution < 1.29 is 14.6 Å². The monoisotopic (exact) mass is 357 g/mol. The molecule has 2 aromatic rings. The lowest BCUT2D eigenvalue weighted by Crippen LogP contribution is -2.11. The SMILES string of the molecule is CN1/C(=C/C(=O)c2cc([N+](=O)[O-])cc([N+](=O)[O-])c2)Sc2ccccc21. The third-order valence-electron chi connectivity index (χ3n) is 3.63. The number of anilines is 1. The van der Waals surface area contributed by atoms with Crippen molar-refractivity contribution in [2.45, 2.75) is 4.90 Å². The fourth-order valence-electron chi connectivity index (χ4n) is 2.39. The number of nitro groups is 2. The van der Waals surface area contributed by atoms with Crippen molar-refractivity contribution in [1.29, 1.82) is 0 Å². The average molecular weight is 357 g/mol. The summed E-state index contributed by atoms with van der Waals surface area (Å²) in [4.78, 5) is 35.6. The van der Waals surface area contributed by atoms with Crippen LogP contribution in [0, 0.1) is 20.2 Å². The second kappa shape index (κ2) is 6.36. The van der Waals surface area contributed by atoms with Gasteiger partial charge in [-0.15, -0.1) is 0 Å². The van der Waals surface area contributed by atoms with Crippen LogP contribution in [0.2, 0.25) is 0 Å². The molecule has 0 radical (unpaired) electrons. The first-order chi connectivity index (χ1) is 11.9. The van der Waals surface area contributed by atoms with E-state index in [0.717, 1.165) is 28.8 Å². The molecule has 0 atom stereocenters. The summed E-state index contributed by atoms with van der Waals surface area (Å²) in [6.45, 7) is 0. The topological polar surface area (TPSA) is 107 Å². The van der Waals surface area contributed by atoms with Crippen molar-refractivity contribution >= 4 is 34.6 Å². The first-order valence-corrected chi connectivity index (χ1v) is 7.89. The highest BCUT2D eigenvalue weighted by atomic mass is 32.2. The minimum absolute atomic E-state index is 0.0987. The van der Waals surface area contributed by atoms with Gasteiger partial charge in [-0.25, -0.2) is 0 Å². The number of thioether (sulfide) groups is 1. The molecule has 8 nitrogen and oxygen atoms in total. The maximum atomic E-state index is 12.5. The van der Waals surface area contributed by atoms with Crippen LogP contribution in [0.25, 0.3) is 0 Å². The quantitative estimate of drug-likeness (QED) is 0.355. The Morgan fingerprint density at radius 3 is 2.24 bits per heavy atom. The van der Waals surface area contributed by atoms with Crippen molar-refractivity contribution in [3.8, 4) is 0 Å². The van der Waals surface area contributed by atoms with E-state index in [2.05, 4.69) is 0 Å². The maximum Gasteiger partial charge on any atom is 0.277 e. The van der Waals surface area contributed by atoms with E-state index in [9.17, 15) is 25.0 Å². The van der Waals surface area contributed by atoms with Crippen LogP contribution in [0.3, 0.4) is 0 Å². The van der Waals surface area contributed by atoms with Gasteiger partial charge in [-0.05, 0) is 12.1 Å². The lowest BCUT2D eigenvalue weighted by molar-refractivity contribution is -0.394. The Hall–Kier alpha value is -3.20. The number of carbonyl (C=O) groups excluding carboxylic acids is 1. The van der Waals surface area contributed by atoms with E-state index in [1.165, 1.54) is 17.8 Å². The summed E-state index contributed by atoms with van der Waals surface area (Å²) in [5.41, 5.74) is -0.145. The third kappa shape index (κ3) is 3.22. The number of nitrogens with zero attached hydrogens (tertiary/aromatic N) is 3. The Kier molecular flexibility index (Phi) is 4.24. The molecular weight excluding hydrogens is 346 g/mol. The van der Waals surface area contributed by atoms with Gasteiger partial charge in [0, 0.05) is 35.7 Å². The van der Waals surface area contributed by atoms with E-state index < -0.39 is 27.0 Å².